The Hall–Kier alpha value is -2.75. The Morgan fingerprint density at radius 2 is 1.95 bits per heavy atom. The molecule has 1 N–H and O–H groups in total. The van der Waals surface area contributed by atoms with E-state index < -0.39 is 0 Å². The number of carbonyl (C=O) groups is 1. The number of para-hydroxylation sites is 1. The van der Waals surface area contributed by atoms with Gasteiger partial charge >= 0.3 is 0 Å². The van der Waals surface area contributed by atoms with Crippen LogP contribution < -0.4 is 5.32 Å². The van der Waals surface area contributed by atoms with Crippen LogP contribution in [0.4, 0.5) is 0 Å². The topological polar surface area (TPSA) is 54.9 Å². The highest BCUT2D eigenvalue weighted by atomic mass is 16.1. The van der Waals surface area contributed by atoms with E-state index in [4.69, 9.17) is 0 Å². The van der Waals surface area contributed by atoms with E-state index in [9.17, 15) is 4.79 Å². The molecular weight excluding hydrogens is 262 g/mol. The van der Waals surface area contributed by atoms with Gasteiger partial charge in [-0.05, 0) is 23.8 Å². The molecule has 2 heterocycles. The lowest BCUT2D eigenvalue weighted by atomic mass is 10.2. The van der Waals surface area contributed by atoms with Crippen molar-refractivity contribution >= 4 is 16.8 Å². The normalized spacial score (nSPS) is 10.5. The average molecular weight is 277 g/mol. The maximum Gasteiger partial charge on any atom is 0.226 e. The molecule has 1 amide bonds. The lowest BCUT2D eigenvalue weighted by Crippen LogP contribution is -2.24. The van der Waals surface area contributed by atoms with Crippen molar-refractivity contribution < 1.29 is 4.79 Å². The molecule has 0 bridgehead atoms. The van der Waals surface area contributed by atoms with Gasteiger partial charge in [0.25, 0.3) is 0 Å². The van der Waals surface area contributed by atoms with Gasteiger partial charge in [-0.15, -0.1) is 0 Å². The van der Waals surface area contributed by atoms with Crippen LogP contribution in [0, 0.1) is 0 Å². The van der Waals surface area contributed by atoms with Crippen molar-refractivity contribution in [1.29, 1.82) is 0 Å². The third-order valence-corrected chi connectivity index (χ3v) is 3.21. The summed E-state index contributed by atoms with van der Waals surface area (Å²) in [5.41, 5.74) is 2.67. The molecule has 4 heteroatoms. The zero-order valence-corrected chi connectivity index (χ0v) is 11.5. The van der Waals surface area contributed by atoms with Crippen molar-refractivity contribution in [3.8, 4) is 0 Å². The first kappa shape index (κ1) is 13.2. The number of hydrogen-bond acceptors (Lipinski definition) is 3. The summed E-state index contributed by atoms with van der Waals surface area (Å²) in [5, 5.41) is 3.96. The second-order valence-electron chi connectivity index (χ2n) is 4.81. The predicted molar refractivity (Wildman–Crippen MR) is 81.5 cm³/mol. The van der Waals surface area contributed by atoms with Gasteiger partial charge in [-0.1, -0.05) is 30.3 Å². The van der Waals surface area contributed by atoms with E-state index in [0.717, 1.165) is 22.2 Å². The van der Waals surface area contributed by atoms with E-state index in [1.807, 2.05) is 48.5 Å². The molecule has 0 aliphatic rings. The van der Waals surface area contributed by atoms with Gasteiger partial charge in [-0.2, -0.15) is 0 Å². The Morgan fingerprint density at radius 3 is 2.81 bits per heavy atom. The summed E-state index contributed by atoms with van der Waals surface area (Å²) in [7, 11) is 0. The maximum atomic E-state index is 12.0. The summed E-state index contributed by atoms with van der Waals surface area (Å²) in [6, 6.07) is 15.6. The number of pyridine rings is 2. The van der Waals surface area contributed by atoms with Crippen LogP contribution in [0.25, 0.3) is 10.9 Å². The minimum Gasteiger partial charge on any atom is -0.352 e. The van der Waals surface area contributed by atoms with E-state index in [1.165, 1.54) is 0 Å². The van der Waals surface area contributed by atoms with Crippen LogP contribution in [0.2, 0.25) is 0 Å². The molecule has 1 aromatic carbocycles. The van der Waals surface area contributed by atoms with Crippen molar-refractivity contribution in [2.24, 2.45) is 0 Å². The van der Waals surface area contributed by atoms with Crippen LogP contribution >= 0.6 is 0 Å². The number of rotatable bonds is 4. The minimum absolute atomic E-state index is 0.0402. The van der Waals surface area contributed by atoms with Crippen molar-refractivity contribution in [1.82, 2.24) is 15.3 Å². The Bertz CT molecular complexity index is 756. The smallest absolute Gasteiger partial charge is 0.226 e. The number of nitrogens with zero attached hydrogens (tertiary/aromatic N) is 2. The monoisotopic (exact) mass is 277 g/mol. The molecule has 21 heavy (non-hydrogen) atoms. The summed E-state index contributed by atoms with van der Waals surface area (Å²) >= 11 is 0. The zero-order chi connectivity index (χ0) is 14.5. The third kappa shape index (κ3) is 3.42. The van der Waals surface area contributed by atoms with Gasteiger partial charge in [0.1, 0.15) is 0 Å². The van der Waals surface area contributed by atoms with Crippen LogP contribution in [-0.4, -0.2) is 15.9 Å². The van der Waals surface area contributed by atoms with Gasteiger partial charge in [0, 0.05) is 24.3 Å². The third-order valence-electron chi connectivity index (χ3n) is 3.21. The van der Waals surface area contributed by atoms with E-state index in [1.54, 1.807) is 12.4 Å². The average Bonchev–Trinajstić information content (AvgIpc) is 2.54. The summed E-state index contributed by atoms with van der Waals surface area (Å²) in [5.74, 6) is -0.0402. The molecule has 4 nitrogen and oxygen atoms in total. The van der Waals surface area contributed by atoms with E-state index in [0.29, 0.717) is 6.54 Å². The highest BCUT2D eigenvalue weighted by Crippen LogP contribution is 2.12. The van der Waals surface area contributed by atoms with Crippen molar-refractivity contribution in [2.75, 3.05) is 0 Å². The molecule has 0 aliphatic heterocycles. The summed E-state index contributed by atoms with van der Waals surface area (Å²) in [6.45, 7) is 0.486. The summed E-state index contributed by atoms with van der Waals surface area (Å²) in [6.07, 6.45) is 3.74. The highest BCUT2D eigenvalue weighted by Gasteiger charge is 2.05. The lowest BCUT2D eigenvalue weighted by Gasteiger charge is -2.05. The first-order valence-corrected chi connectivity index (χ1v) is 6.81. The summed E-state index contributed by atoms with van der Waals surface area (Å²) < 4.78 is 0. The Balaban J connectivity index is 1.63. The van der Waals surface area contributed by atoms with Gasteiger partial charge < -0.3 is 5.32 Å². The standard InChI is InChI=1S/C17H15N3O/c21-17(19-12-13-4-3-9-18-11-13)10-15-8-7-14-5-1-2-6-16(14)20-15/h1-9,11H,10,12H2,(H,19,21). The van der Waals surface area contributed by atoms with Gasteiger partial charge in [0.15, 0.2) is 0 Å². The lowest BCUT2D eigenvalue weighted by molar-refractivity contribution is -0.120. The Morgan fingerprint density at radius 1 is 1.05 bits per heavy atom. The van der Waals surface area contributed by atoms with Crippen LogP contribution in [0.15, 0.2) is 60.9 Å². The fourth-order valence-electron chi connectivity index (χ4n) is 2.14. The molecule has 0 spiro atoms. The van der Waals surface area contributed by atoms with Crippen LogP contribution in [0.3, 0.4) is 0 Å². The molecule has 0 saturated carbocycles. The number of amides is 1. The molecule has 0 unspecified atom stereocenters. The van der Waals surface area contributed by atoms with Gasteiger partial charge in [-0.3, -0.25) is 14.8 Å². The van der Waals surface area contributed by atoms with Gasteiger partial charge in [0.2, 0.25) is 5.91 Å². The molecule has 0 aliphatic carbocycles. The Kier molecular flexibility index (Phi) is 3.87. The van der Waals surface area contributed by atoms with Crippen molar-refractivity contribution in [3.63, 3.8) is 0 Å². The van der Waals surface area contributed by atoms with Gasteiger partial charge in [-0.25, -0.2) is 0 Å². The van der Waals surface area contributed by atoms with Gasteiger partial charge in [0.05, 0.1) is 17.6 Å². The van der Waals surface area contributed by atoms with E-state index in [-0.39, 0.29) is 12.3 Å². The predicted octanol–water partition coefficient (Wildman–Crippen LogP) is 2.49. The molecule has 2 aromatic heterocycles. The van der Waals surface area contributed by atoms with Crippen LogP contribution in [0.1, 0.15) is 11.3 Å². The molecule has 0 fully saturated rings. The minimum atomic E-state index is -0.0402. The van der Waals surface area contributed by atoms with Crippen LogP contribution in [-0.2, 0) is 17.8 Å². The molecule has 3 aromatic rings. The second-order valence-corrected chi connectivity index (χ2v) is 4.81. The second kappa shape index (κ2) is 6.13. The maximum absolute atomic E-state index is 12.0. The molecule has 104 valence electrons. The van der Waals surface area contributed by atoms with Crippen molar-refractivity contribution in [3.05, 3.63) is 72.2 Å². The number of aromatic nitrogens is 2. The van der Waals surface area contributed by atoms with Crippen LogP contribution in [0.5, 0.6) is 0 Å². The molecular formula is C17H15N3O. The molecule has 3 rings (SSSR count). The molecule has 0 radical (unpaired) electrons. The van der Waals surface area contributed by atoms with Crippen molar-refractivity contribution in [2.45, 2.75) is 13.0 Å². The summed E-state index contributed by atoms with van der Waals surface area (Å²) in [4.78, 5) is 20.5. The fourth-order valence-corrected chi connectivity index (χ4v) is 2.14. The fraction of sp³-hybridized carbons (Fsp3) is 0.118. The Labute approximate surface area is 122 Å². The first-order valence-electron chi connectivity index (χ1n) is 6.81. The zero-order valence-electron chi connectivity index (χ0n) is 11.5. The highest BCUT2D eigenvalue weighted by molar-refractivity contribution is 5.81. The number of hydrogen-bond donors (Lipinski definition) is 1. The number of carbonyl (C=O) groups excluding carboxylic acids is 1. The largest absolute Gasteiger partial charge is 0.352 e. The SMILES string of the molecule is O=C(Cc1ccc2ccccc2n1)NCc1cccnc1. The van der Waals surface area contributed by atoms with E-state index in [2.05, 4.69) is 15.3 Å². The number of benzene rings is 1. The quantitative estimate of drug-likeness (QED) is 0.797. The first-order chi connectivity index (χ1) is 10.3. The molecule has 0 atom stereocenters. The number of fused-ring (bicyclic) bond motifs is 1. The van der Waals surface area contributed by atoms with E-state index >= 15 is 0 Å². The molecule has 0 saturated heterocycles. The number of nitrogens with one attached hydrogen (secondary N) is 1.